The maximum Gasteiger partial charge on any atom is 0.204 e. The van der Waals surface area contributed by atoms with Crippen LogP contribution in [0.25, 0.3) is 0 Å². The molecule has 6 aromatic rings. The molecule has 0 amide bonds. The number of nitrogens with zero attached hydrogens (tertiary/aromatic N) is 2. The molecule has 0 fully saturated rings. The fourth-order valence-corrected chi connectivity index (χ4v) is 8.92. The predicted molar refractivity (Wildman–Crippen MR) is 244 cm³/mol. The largest absolute Gasteiger partial charge is 0.507 e. The zero-order valence-corrected chi connectivity index (χ0v) is 37.3. The Balaban J connectivity index is 0.000000260. The fraction of sp³-hybridized carbons (Fsp3) is 0.288. The highest BCUT2D eigenvalue weighted by Gasteiger charge is 2.35. The summed E-state index contributed by atoms with van der Waals surface area (Å²) in [4.78, 5) is 16.9. The van der Waals surface area contributed by atoms with E-state index in [4.69, 9.17) is 33.2 Å². The molecule has 0 radical (unpaired) electrons. The van der Waals surface area contributed by atoms with Crippen molar-refractivity contribution in [2.75, 3.05) is 62.7 Å². The number of carbonyl (C=O) groups excluding carboxylic acids is 1. The van der Waals surface area contributed by atoms with Crippen LogP contribution in [0.15, 0.2) is 103 Å². The number of fused-ring (bicyclic) bond motifs is 2. The average molecular weight is 867 g/mol. The third kappa shape index (κ3) is 8.71. The van der Waals surface area contributed by atoms with Crippen LogP contribution < -0.4 is 33.2 Å². The van der Waals surface area contributed by atoms with Crippen molar-refractivity contribution in [2.24, 2.45) is 0 Å². The molecule has 2 unspecified atom stereocenters. The number of ketones is 1. The number of carbonyl (C=O) groups is 1. The summed E-state index contributed by atoms with van der Waals surface area (Å²) >= 11 is 0. The topological polar surface area (TPSA) is 129 Å². The summed E-state index contributed by atoms with van der Waals surface area (Å²) in [7, 11) is 12.6. The third-order valence-electron chi connectivity index (χ3n) is 12.4. The number of para-hydroxylation sites is 1. The minimum Gasteiger partial charge on any atom is -0.507 e. The number of phenols is 2. The third-order valence-corrected chi connectivity index (χ3v) is 12.4. The number of rotatable bonds is 7. The average Bonchev–Trinajstić information content (AvgIpc) is 3.31. The molecule has 12 heteroatoms. The van der Waals surface area contributed by atoms with Crippen molar-refractivity contribution in [3.8, 4) is 63.2 Å². The highest BCUT2D eigenvalue weighted by molar-refractivity contribution is 6.12. The molecule has 0 saturated heterocycles. The highest BCUT2D eigenvalue weighted by Crippen LogP contribution is 2.52. The Hall–Kier alpha value is -6.89. The Kier molecular flexibility index (Phi) is 12.9. The van der Waals surface area contributed by atoms with Gasteiger partial charge in [-0.25, -0.2) is 0 Å². The number of likely N-dealkylation sites (N-methyl/N-ethyl adjacent to an activating group) is 2. The normalized spacial score (nSPS) is 16.6. The number of ether oxygens (including phenoxy) is 7. The summed E-state index contributed by atoms with van der Waals surface area (Å²) in [6.45, 7) is 1.86. The lowest BCUT2D eigenvalue weighted by Crippen LogP contribution is -2.34. The van der Waals surface area contributed by atoms with Crippen molar-refractivity contribution in [1.29, 1.82) is 0 Å². The molecular formula is C52H54N2O10. The first-order valence-electron chi connectivity index (χ1n) is 21.2. The molecule has 2 N–H and O–H groups in total. The number of aromatic hydroxyl groups is 2. The Morgan fingerprint density at radius 1 is 0.594 bits per heavy atom. The molecule has 0 aliphatic carbocycles. The predicted octanol–water partition coefficient (Wildman–Crippen LogP) is 9.50. The van der Waals surface area contributed by atoms with Crippen molar-refractivity contribution in [1.82, 2.24) is 9.80 Å². The summed E-state index contributed by atoms with van der Waals surface area (Å²) in [5.41, 5.74) is 7.43. The quantitative estimate of drug-likeness (QED) is 0.148. The molecule has 6 aromatic carbocycles. The van der Waals surface area contributed by atoms with E-state index in [0.29, 0.717) is 46.0 Å². The Bertz CT molecular complexity index is 2660. The van der Waals surface area contributed by atoms with E-state index in [2.05, 4.69) is 66.4 Å². The van der Waals surface area contributed by atoms with Crippen LogP contribution in [0.4, 0.5) is 0 Å². The van der Waals surface area contributed by atoms with Gasteiger partial charge >= 0.3 is 0 Å². The molecular weight excluding hydrogens is 813 g/mol. The number of hydrogen-bond acceptors (Lipinski definition) is 12. The van der Waals surface area contributed by atoms with E-state index in [9.17, 15) is 15.0 Å². The van der Waals surface area contributed by atoms with Gasteiger partial charge < -0.3 is 43.4 Å². The first-order chi connectivity index (χ1) is 31.0. The lowest BCUT2D eigenvalue weighted by Gasteiger charge is -2.37. The Morgan fingerprint density at radius 3 is 1.92 bits per heavy atom. The fourth-order valence-electron chi connectivity index (χ4n) is 8.92. The van der Waals surface area contributed by atoms with Gasteiger partial charge in [0, 0.05) is 36.8 Å². The summed E-state index contributed by atoms with van der Waals surface area (Å²) < 4.78 is 42.0. The molecule has 4 aliphatic heterocycles. The zero-order chi connectivity index (χ0) is 45.1. The lowest BCUT2D eigenvalue weighted by atomic mass is 9.87. The summed E-state index contributed by atoms with van der Waals surface area (Å²) in [6, 6.07) is 31.8. The second kappa shape index (κ2) is 18.8. The number of methoxy groups -OCH3 is 5. The molecule has 332 valence electrons. The van der Waals surface area contributed by atoms with Crippen molar-refractivity contribution >= 4 is 5.78 Å². The van der Waals surface area contributed by atoms with E-state index in [-0.39, 0.29) is 34.7 Å². The van der Waals surface area contributed by atoms with Gasteiger partial charge in [0.2, 0.25) is 5.75 Å². The van der Waals surface area contributed by atoms with Gasteiger partial charge in [0.25, 0.3) is 0 Å². The van der Waals surface area contributed by atoms with Crippen LogP contribution in [0.5, 0.6) is 63.2 Å². The van der Waals surface area contributed by atoms with E-state index in [1.165, 1.54) is 53.6 Å². The van der Waals surface area contributed by atoms with Gasteiger partial charge in [-0.15, -0.1) is 0 Å². The number of benzene rings is 6. The van der Waals surface area contributed by atoms with Crippen molar-refractivity contribution < 1.29 is 48.2 Å². The van der Waals surface area contributed by atoms with Gasteiger partial charge in [-0.1, -0.05) is 30.3 Å². The standard InChI is InChI=1S/C38H42N2O6.C14H12O4/c1-39-15-13-25-20-32(42-4)34-22-28(25)29(39)17-23-7-10-27(11-8-23)45-33-19-24(9-12-31(33)41-3)18-30-36-26(14-16-40(30)2)21-35(43-5)37(44-6)38(36)46-34;1-18-9-6-7-11(13(16)8-9)14(17)10-4-2-3-5-12(10)15/h7-12,19-22,29-30H,13-18H2,1-6H3;2-8,15-16H,1H3. The van der Waals surface area contributed by atoms with E-state index in [1.807, 2.05) is 18.2 Å². The second-order valence-corrected chi connectivity index (χ2v) is 16.2. The van der Waals surface area contributed by atoms with Crippen LogP contribution in [-0.2, 0) is 25.7 Å². The van der Waals surface area contributed by atoms with Crippen molar-refractivity contribution in [3.63, 3.8) is 0 Å². The van der Waals surface area contributed by atoms with Gasteiger partial charge in [0.05, 0.1) is 46.7 Å². The maximum absolute atomic E-state index is 12.1. The molecule has 0 saturated carbocycles. The first-order valence-corrected chi connectivity index (χ1v) is 21.2. The van der Waals surface area contributed by atoms with Gasteiger partial charge in [0.15, 0.2) is 40.3 Å². The van der Waals surface area contributed by atoms with Crippen LogP contribution in [0.2, 0.25) is 0 Å². The molecule has 0 aromatic heterocycles. The molecule has 6 bridgehead atoms. The maximum atomic E-state index is 12.1. The smallest absolute Gasteiger partial charge is 0.204 e. The number of phenolic OH excluding ortho intramolecular Hbond substituents is 2. The van der Waals surface area contributed by atoms with E-state index < -0.39 is 5.78 Å². The second-order valence-electron chi connectivity index (χ2n) is 16.2. The molecule has 4 heterocycles. The molecule has 2 atom stereocenters. The van der Waals surface area contributed by atoms with Gasteiger partial charge in [-0.3, -0.25) is 14.6 Å². The van der Waals surface area contributed by atoms with Crippen LogP contribution in [0.3, 0.4) is 0 Å². The zero-order valence-electron chi connectivity index (χ0n) is 37.3. The molecule has 10 rings (SSSR count). The van der Waals surface area contributed by atoms with Gasteiger partial charge in [-0.2, -0.15) is 0 Å². The summed E-state index contributed by atoms with van der Waals surface area (Å²) in [6.07, 6.45) is 3.37. The van der Waals surface area contributed by atoms with Crippen LogP contribution in [-0.4, -0.2) is 88.5 Å². The molecule has 4 aliphatic rings. The molecule has 12 nitrogen and oxygen atoms in total. The van der Waals surface area contributed by atoms with Crippen molar-refractivity contribution in [2.45, 2.75) is 37.8 Å². The first kappa shape index (κ1) is 43.7. The van der Waals surface area contributed by atoms with Crippen LogP contribution in [0.1, 0.15) is 61.4 Å². The summed E-state index contributed by atoms with van der Waals surface area (Å²) in [5, 5.41) is 19.4. The van der Waals surface area contributed by atoms with Gasteiger partial charge in [-0.05, 0) is 134 Å². The Morgan fingerprint density at radius 2 is 1.23 bits per heavy atom. The number of hydrogen-bond donors (Lipinski definition) is 2. The minimum absolute atomic E-state index is 0.000437. The van der Waals surface area contributed by atoms with E-state index >= 15 is 0 Å². The van der Waals surface area contributed by atoms with E-state index in [1.54, 1.807) is 46.6 Å². The molecule has 0 spiro atoms. The monoisotopic (exact) mass is 866 g/mol. The van der Waals surface area contributed by atoms with Gasteiger partial charge in [0.1, 0.15) is 23.0 Å². The van der Waals surface area contributed by atoms with Crippen LogP contribution in [0, 0.1) is 0 Å². The van der Waals surface area contributed by atoms with Crippen molar-refractivity contribution in [3.05, 3.63) is 148 Å². The summed E-state index contributed by atoms with van der Waals surface area (Å²) in [5.74, 6) is 5.14. The minimum atomic E-state index is -0.437. The SMILES string of the molecule is COc1ccc(C(=O)c2ccccc2O)c(O)c1.COc1ccc2cc1Oc1ccc(cc1)CC1c3cc(c(OC)cc3CCN1C)Oc1c(OC)c(OC)cc3c1C(C2)N(C)CC3. The Labute approximate surface area is 374 Å². The van der Waals surface area contributed by atoms with Crippen LogP contribution >= 0.6 is 0 Å². The molecule has 64 heavy (non-hydrogen) atoms. The highest BCUT2D eigenvalue weighted by atomic mass is 16.5. The lowest BCUT2D eigenvalue weighted by molar-refractivity contribution is 0.103. The van der Waals surface area contributed by atoms with E-state index in [0.717, 1.165) is 55.6 Å².